The Kier molecular flexibility index (Phi) is 5.39. The second kappa shape index (κ2) is 8.02. The zero-order valence-electron chi connectivity index (χ0n) is 17.4. The third kappa shape index (κ3) is 3.73. The van der Waals surface area contributed by atoms with E-state index in [0.717, 1.165) is 0 Å². The highest BCUT2D eigenvalue weighted by atomic mass is 19.1. The quantitative estimate of drug-likeness (QED) is 0.772. The fourth-order valence-electron chi connectivity index (χ4n) is 4.22. The van der Waals surface area contributed by atoms with Crippen molar-refractivity contribution in [3.63, 3.8) is 0 Å². The average Bonchev–Trinajstić information content (AvgIpc) is 3.06. The minimum atomic E-state index is -0.896. The fourth-order valence-corrected chi connectivity index (χ4v) is 4.22. The number of fused-ring (bicyclic) bond motifs is 3. The van der Waals surface area contributed by atoms with Gasteiger partial charge in [-0.05, 0) is 44.5 Å². The molecule has 0 bridgehead atoms. The first-order chi connectivity index (χ1) is 14.8. The third-order valence-electron chi connectivity index (χ3n) is 5.78. The Labute approximate surface area is 179 Å². The molecule has 2 aliphatic rings. The number of hydrogen-bond acceptors (Lipinski definition) is 4. The largest absolute Gasteiger partial charge is 0.488 e. The second-order valence-electron chi connectivity index (χ2n) is 8.06. The molecule has 2 atom stereocenters. The molecule has 0 aliphatic carbocycles. The molecule has 3 amide bonds. The van der Waals surface area contributed by atoms with Gasteiger partial charge < -0.3 is 15.0 Å². The van der Waals surface area contributed by atoms with Crippen LogP contribution in [0.25, 0.3) is 0 Å². The summed E-state index contributed by atoms with van der Waals surface area (Å²) < 4.78 is 19.1. The first kappa shape index (κ1) is 20.8. The molecule has 1 N–H and O–H groups in total. The van der Waals surface area contributed by atoms with Gasteiger partial charge in [0.05, 0.1) is 17.3 Å². The second-order valence-corrected chi connectivity index (χ2v) is 8.06. The van der Waals surface area contributed by atoms with E-state index < -0.39 is 17.5 Å². The van der Waals surface area contributed by atoms with Gasteiger partial charge in [-0.2, -0.15) is 0 Å². The number of para-hydroxylation sites is 2. The molecule has 0 radical (unpaired) electrons. The zero-order valence-corrected chi connectivity index (χ0v) is 17.4. The highest BCUT2D eigenvalue weighted by Gasteiger charge is 2.53. The molecule has 2 aromatic carbocycles. The number of hydrogen-bond donors (Lipinski definition) is 1. The maximum atomic E-state index is 13.7. The fraction of sp³-hybridized carbons (Fsp3) is 0.348. The van der Waals surface area contributed by atoms with Gasteiger partial charge in [-0.1, -0.05) is 24.3 Å². The van der Waals surface area contributed by atoms with E-state index in [4.69, 9.17) is 4.74 Å². The van der Waals surface area contributed by atoms with Crippen molar-refractivity contribution in [3.05, 3.63) is 59.9 Å². The molecule has 1 fully saturated rings. The molecule has 0 spiro atoms. The van der Waals surface area contributed by atoms with Crippen LogP contribution >= 0.6 is 0 Å². The number of rotatable bonds is 6. The Hall–Kier alpha value is -3.42. The number of nitrogens with one attached hydrogen (secondary N) is 1. The van der Waals surface area contributed by atoms with E-state index in [1.807, 2.05) is 6.92 Å². The molecule has 2 heterocycles. The van der Waals surface area contributed by atoms with Crippen LogP contribution in [0, 0.1) is 5.82 Å². The van der Waals surface area contributed by atoms with Gasteiger partial charge in [0.15, 0.2) is 11.6 Å². The summed E-state index contributed by atoms with van der Waals surface area (Å²) >= 11 is 0. The van der Waals surface area contributed by atoms with E-state index in [0.29, 0.717) is 24.1 Å². The van der Waals surface area contributed by atoms with E-state index >= 15 is 0 Å². The van der Waals surface area contributed by atoms with Crippen molar-refractivity contribution in [3.8, 4) is 5.75 Å². The highest BCUT2D eigenvalue weighted by Crippen LogP contribution is 2.43. The lowest BCUT2D eigenvalue weighted by Gasteiger charge is -2.48. The standard InChI is InChI=1S/C23H24FN3O4/c1-15(14-31-19-10-6-4-8-17(19)24)25-20(28)13-26-22(30)16-7-3-5-9-18(16)27-21(29)11-12-23(26,27)2/h3-10,15H,11-14H2,1-2H3,(H,25,28). The predicted molar refractivity (Wildman–Crippen MR) is 112 cm³/mol. The molecule has 162 valence electrons. The van der Waals surface area contributed by atoms with Crippen molar-refractivity contribution in [2.75, 3.05) is 18.1 Å². The van der Waals surface area contributed by atoms with Crippen LogP contribution in [0.5, 0.6) is 5.75 Å². The van der Waals surface area contributed by atoms with Crippen LogP contribution in [0.2, 0.25) is 0 Å². The monoisotopic (exact) mass is 425 g/mol. The number of carbonyl (C=O) groups excluding carboxylic acids is 3. The summed E-state index contributed by atoms with van der Waals surface area (Å²) in [4.78, 5) is 41.6. The molecule has 2 unspecified atom stereocenters. The van der Waals surface area contributed by atoms with E-state index in [9.17, 15) is 18.8 Å². The SMILES string of the molecule is CC(COc1ccccc1F)NC(=O)CN1C(=O)c2ccccc2N2C(=O)CCC12C. The van der Waals surface area contributed by atoms with E-state index in [2.05, 4.69) is 5.32 Å². The van der Waals surface area contributed by atoms with Gasteiger partial charge in [0, 0.05) is 6.42 Å². The number of anilines is 1. The van der Waals surface area contributed by atoms with Gasteiger partial charge in [-0.25, -0.2) is 4.39 Å². The summed E-state index contributed by atoms with van der Waals surface area (Å²) in [5.74, 6) is -1.09. The Morgan fingerprint density at radius 2 is 1.90 bits per heavy atom. The maximum Gasteiger partial charge on any atom is 0.258 e. The van der Waals surface area contributed by atoms with Gasteiger partial charge in [0.2, 0.25) is 11.8 Å². The summed E-state index contributed by atoms with van der Waals surface area (Å²) in [6.45, 7) is 3.42. The Bertz CT molecular complexity index is 1040. The van der Waals surface area contributed by atoms with Gasteiger partial charge in [-0.3, -0.25) is 19.3 Å². The molecule has 0 aromatic heterocycles. The summed E-state index contributed by atoms with van der Waals surface area (Å²) in [6, 6.07) is 12.6. The lowest BCUT2D eigenvalue weighted by molar-refractivity contribution is -0.124. The summed E-state index contributed by atoms with van der Waals surface area (Å²) in [6.07, 6.45) is 0.758. The van der Waals surface area contributed by atoms with Crippen molar-refractivity contribution in [1.29, 1.82) is 0 Å². The number of carbonyl (C=O) groups is 3. The summed E-state index contributed by atoms with van der Waals surface area (Å²) in [5, 5.41) is 2.79. The Morgan fingerprint density at radius 3 is 2.68 bits per heavy atom. The number of benzene rings is 2. The summed E-state index contributed by atoms with van der Waals surface area (Å²) in [7, 11) is 0. The van der Waals surface area contributed by atoms with Crippen LogP contribution in [0.3, 0.4) is 0 Å². The molecule has 7 nitrogen and oxygen atoms in total. The van der Waals surface area contributed by atoms with Crippen molar-refractivity contribution >= 4 is 23.4 Å². The molecule has 2 aliphatic heterocycles. The highest BCUT2D eigenvalue weighted by molar-refractivity contribution is 6.11. The van der Waals surface area contributed by atoms with Crippen LogP contribution < -0.4 is 15.0 Å². The summed E-state index contributed by atoms with van der Waals surface area (Å²) in [5.41, 5.74) is 0.0898. The Morgan fingerprint density at radius 1 is 1.19 bits per heavy atom. The van der Waals surface area contributed by atoms with Crippen LogP contribution in [-0.4, -0.2) is 47.5 Å². The van der Waals surface area contributed by atoms with Crippen LogP contribution in [-0.2, 0) is 9.59 Å². The molecule has 31 heavy (non-hydrogen) atoms. The number of amides is 3. The molecular formula is C23H24FN3O4. The molecular weight excluding hydrogens is 401 g/mol. The molecule has 0 saturated carbocycles. The average molecular weight is 425 g/mol. The van der Waals surface area contributed by atoms with Gasteiger partial charge in [0.25, 0.3) is 5.91 Å². The minimum absolute atomic E-state index is 0.0699. The minimum Gasteiger partial charge on any atom is -0.488 e. The van der Waals surface area contributed by atoms with Gasteiger partial charge >= 0.3 is 0 Å². The predicted octanol–water partition coefficient (Wildman–Crippen LogP) is 2.71. The van der Waals surface area contributed by atoms with Gasteiger partial charge in [-0.15, -0.1) is 0 Å². The molecule has 2 aromatic rings. The number of nitrogens with zero attached hydrogens (tertiary/aromatic N) is 2. The number of halogens is 1. The van der Waals surface area contributed by atoms with Crippen LogP contribution in [0.1, 0.15) is 37.0 Å². The first-order valence-corrected chi connectivity index (χ1v) is 10.2. The zero-order chi connectivity index (χ0) is 22.2. The first-order valence-electron chi connectivity index (χ1n) is 10.2. The lowest BCUT2D eigenvalue weighted by Crippen LogP contribution is -2.64. The molecule has 8 heteroatoms. The van der Waals surface area contributed by atoms with E-state index in [1.165, 1.54) is 17.0 Å². The Balaban J connectivity index is 1.45. The van der Waals surface area contributed by atoms with E-state index in [-0.39, 0.29) is 36.6 Å². The van der Waals surface area contributed by atoms with Crippen molar-refractivity contribution in [1.82, 2.24) is 10.2 Å². The van der Waals surface area contributed by atoms with Gasteiger partial charge in [0.1, 0.15) is 18.8 Å². The molecule has 4 rings (SSSR count). The topological polar surface area (TPSA) is 79.0 Å². The van der Waals surface area contributed by atoms with Crippen molar-refractivity contribution in [2.24, 2.45) is 0 Å². The third-order valence-corrected chi connectivity index (χ3v) is 5.78. The number of ether oxygens (including phenoxy) is 1. The van der Waals surface area contributed by atoms with E-state index in [1.54, 1.807) is 48.2 Å². The van der Waals surface area contributed by atoms with Crippen molar-refractivity contribution < 1.29 is 23.5 Å². The van der Waals surface area contributed by atoms with Crippen LogP contribution in [0.15, 0.2) is 48.5 Å². The maximum absolute atomic E-state index is 13.7. The smallest absolute Gasteiger partial charge is 0.258 e. The normalized spacial score (nSPS) is 20.9. The molecule has 1 saturated heterocycles. The lowest BCUT2D eigenvalue weighted by atomic mass is 9.98. The van der Waals surface area contributed by atoms with Crippen molar-refractivity contribution in [2.45, 2.75) is 38.4 Å². The van der Waals surface area contributed by atoms with Crippen LogP contribution in [0.4, 0.5) is 10.1 Å².